The molecule has 0 bridgehead atoms. The van der Waals surface area contributed by atoms with Crippen LogP contribution in [0.2, 0.25) is 0 Å². The highest BCUT2D eigenvalue weighted by Gasteiger charge is 2.29. The molecule has 0 heterocycles. The summed E-state index contributed by atoms with van der Waals surface area (Å²) >= 11 is 3.53. The van der Waals surface area contributed by atoms with Crippen molar-refractivity contribution in [3.05, 3.63) is 93.5 Å². The van der Waals surface area contributed by atoms with Crippen molar-refractivity contribution in [2.24, 2.45) is 0 Å². The molecule has 23 heavy (non-hydrogen) atoms. The highest BCUT2D eigenvalue weighted by Crippen LogP contribution is 2.33. The minimum Gasteiger partial charge on any atom is -0.289 e. The van der Waals surface area contributed by atoms with E-state index in [-0.39, 0.29) is 11.6 Å². The summed E-state index contributed by atoms with van der Waals surface area (Å²) in [5.74, 6) is -0.182. The summed E-state index contributed by atoms with van der Waals surface area (Å²) in [4.78, 5) is 25.4. The van der Waals surface area contributed by atoms with Gasteiger partial charge in [0.05, 0.1) is 0 Å². The van der Waals surface area contributed by atoms with E-state index in [9.17, 15) is 9.59 Å². The van der Waals surface area contributed by atoms with E-state index in [0.717, 1.165) is 15.6 Å². The second-order valence-corrected chi connectivity index (χ2v) is 6.30. The van der Waals surface area contributed by atoms with Gasteiger partial charge >= 0.3 is 0 Å². The Morgan fingerprint density at radius 3 is 1.74 bits per heavy atom. The highest BCUT2D eigenvalue weighted by atomic mass is 79.9. The van der Waals surface area contributed by atoms with Crippen LogP contribution in [0.1, 0.15) is 31.8 Å². The fourth-order valence-corrected chi connectivity index (χ4v) is 3.48. The molecule has 1 aliphatic rings. The largest absolute Gasteiger partial charge is 0.289 e. The highest BCUT2D eigenvalue weighted by molar-refractivity contribution is 9.10. The number of rotatable bonds is 1. The Kier molecular flexibility index (Phi) is 3.24. The second kappa shape index (κ2) is 5.28. The van der Waals surface area contributed by atoms with Crippen LogP contribution in [0.15, 0.2) is 71.2 Å². The molecule has 0 amide bonds. The van der Waals surface area contributed by atoms with Crippen molar-refractivity contribution in [3.63, 3.8) is 0 Å². The molecule has 3 heteroatoms. The van der Waals surface area contributed by atoms with Crippen LogP contribution in [0.4, 0.5) is 0 Å². The van der Waals surface area contributed by atoms with Crippen molar-refractivity contribution in [3.8, 4) is 11.1 Å². The van der Waals surface area contributed by atoms with Gasteiger partial charge in [-0.3, -0.25) is 9.59 Å². The fraction of sp³-hybridized carbons (Fsp3) is 0. The lowest BCUT2D eigenvalue weighted by molar-refractivity contribution is 0.0979. The molecule has 4 rings (SSSR count). The van der Waals surface area contributed by atoms with E-state index in [1.807, 2.05) is 36.4 Å². The van der Waals surface area contributed by atoms with Gasteiger partial charge in [-0.05, 0) is 29.3 Å². The number of benzene rings is 3. The van der Waals surface area contributed by atoms with Crippen LogP contribution >= 0.6 is 15.9 Å². The van der Waals surface area contributed by atoms with E-state index in [1.54, 1.807) is 30.3 Å². The topological polar surface area (TPSA) is 34.1 Å². The van der Waals surface area contributed by atoms with Crippen molar-refractivity contribution in [2.45, 2.75) is 0 Å². The summed E-state index contributed by atoms with van der Waals surface area (Å²) in [6.07, 6.45) is 0. The molecule has 0 aliphatic heterocycles. The van der Waals surface area contributed by atoms with Gasteiger partial charge in [-0.2, -0.15) is 0 Å². The van der Waals surface area contributed by atoms with Crippen LogP contribution < -0.4 is 0 Å². The van der Waals surface area contributed by atoms with E-state index >= 15 is 0 Å². The third-order valence-corrected chi connectivity index (χ3v) is 4.80. The molecular weight excluding hydrogens is 352 g/mol. The summed E-state index contributed by atoms with van der Waals surface area (Å²) in [6, 6.07) is 20.3. The molecule has 0 unspecified atom stereocenters. The first kappa shape index (κ1) is 14.1. The van der Waals surface area contributed by atoms with E-state index in [0.29, 0.717) is 22.3 Å². The molecule has 0 aromatic heterocycles. The normalized spacial score (nSPS) is 12.7. The SMILES string of the molecule is O=C1c2ccccc2C(=O)c2cc(-c3ccccc3Br)ccc21. The lowest BCUT2D eigenvalue weighted by atomic mass is 9.83. The van der Waals surface area contributed by atoms with Crippen LogP contribution in [0.25, 0.3) is 11.1 Å². The maximum absolute atomic E-state index is 12.8. The predicted molar refractivity (Wildman–Crippen MR) is 92.9 cm³/mol. The first-order valence-corrected chi connectivity index (χ1v) is 8.03. The van der Waals surface area contributed by atoms with Gasteiger partial charge in [0, 0.05) is 26.7 Å². The van der Waals surface area contributed by atoms with Crippen LogP contribution in [0, 0.1) is 0 Å². The molecule has 0 saturated carbocycles. The maximum atomic E-state index is 12.8. The Balaban J connectivity index is 1.92. The van der Waals surface area contributed by atoms with E-state index in [4.69, 9.17) is 0 Å². The monoisotopic (exact) mass is 362 g/mol. The minimum atomic E-state index is -0.0934. The number of carbonyl (C=O) groups excluding carboxylic acids is 2. The quantitative estimate of drug-likeness (QED) is 0.483. The molecule has 0 spiro atoms. The number of carbonyl (C=O) groups is 2. The fourth-order valence-electron chi connectivity index (χ4n) is 2.96. The molecule has 0 saturated heterocycles. The molecule has 0 radical (unpaired) electrons. The molecule has 3 aromatic carbocycles. The standard InChI is InChI=1S/C20H11BrO2/c21-18-8-4-3-5-13(18)12-9-10-16-17(11-12)20(23)15-7-2-1-6-14(15)19(16)22/h1-11H. The third-order valence-electron chi connectivity index (χ3n) is 4.11. The van der Waals surface area contributed by atoms with Crippen LogP contribution in [-0.4, -0.2) is 11.6 Å². The van der Waals surface area contributed by atoms with Gasteiger partial charge in [-0.1, -0.05) is 64.5 Å². The number of hydrogen-bond donors (Lipinski definition) is 0. The Morgan fingerprint density at radius 1 is 0.565 bits per heavy atom. The van der Waals surface area contributed by atoms with Gasteiger partial charge in [-0.25, -0.2) is 0 Å². The lowest BCUT2D eigenvalue weighted by Gasteiger charge is -2.18. The Labute approximate surface area is 141 Å². The number of fused-ring (bicyclic) bond motifs is 2. The smallest absolute Gasteiger partial charge is 0.194 e. The van der Waals surface area contributed by atoms with E-state index in [1.165, 1.54) is 0 Å². The van der Waals surface area contributed by atoms with Crippen molar-refractivity contribution >= 4 is 27.5 Å². The first-order chi connectivity index (χ1) is 11.2. The van der Waals surface area contributed by atoms with Crippen LogP contribution in [0.5, 0.6) is 0 Å². The molecular formula is C20H11BrO2. The number of ketones is 2. The number of halogens is 1. The second-order valence-electron chi connectivity index (χ2n) is 5.44. The van der Waals surface area contributed by atoms with Crippen LogP contribution in [-0.2, 0) is 0 Å². The number of hydrogen-bond acceptors (Lipinski definition) is 2. The van der Waals surface area contributed by atoms with Gasteiger partial charge in [0.25, 0.3) is 0 Å². The summed E-state index contributed by atoms with van der Waals surface area (Å²) in [7, 11) is 0. The summed E-state index contributed by atoms with van der Waals surface area (Å²) < 4.78 is 0.954. The van der Waals surface area contributed by atoms with Crippen molar-refractivity contribution < 1.29 is 9.59 Å². The first-order valence-electron chi connectivity index (χ1n) is 7.24. The van der Waals surface area contributed by atoms with E-state index in [2.05, 4.69) is 15.9 Å². The Hall–Kier alpha value is -2.52. The van der Waals surface area contributed by atoms with Crippen molar-refractivity contribution in [2.75, 3.05) is 0 Å². The molecule has 0 N–H and O–H groups in total. The summed E-state index contributed by atoms with van der Waals surface area (Å²) in [6.45, 7) is 0. The summed E-state index contributed by atoms with van der Waals surface area (Å²) in [5.41, 5.74) is 3.82. The molecule has 110 valence electrons. The average molecular weight is 363 g/mol. The van der Waals surface area contributed by atoms with Crippen LogP contribution in [0.3, 0.4) is 0 Å². The van der Waals surface area contributed by atoms with Crippen molar-refractivity contribution in [1.29, 1.82) is 0 Å². The minimum absolute atomic E-state index is 0.0890. The Morgan fingerprint density at radius 2 is 1.09 bits per heavy atom. The van der Waals surface area contributed by atoms with Gasteiger partial charge in [-0.15, -0.1) is 0 Å². The molecule has 0 fully saturated rings. The maximum Gasteiger partial charge on any atom is 0.194 e. The van der Waals surface area contributed by atoms with Gasteiger partial charge in [0.2, 0.25) is 0 Å². The zero-order valence-corrected chi connectivity index (χ0v) is 13.6. The van der Waals surface area contributed by atoms with E-state index < -0.39 is 0 Å². The molecule has 2 nitrogen and oxygen atoms in total. The van der Waals surface area contributed by atoms with Gasteiger partial charge < -0.3 is 0 Å². The van der Waals surface area contributed by atoms with Gasteiger partial charge in [0.1, 0.15) is 0 Å². The lowest BCUT2D eigenvalue weighted by Crippen LogP contribution is -2.20. The third kappa shape index (κ3) is 2.16. The average Bonchev–Trinajstić information content (AvgIpc) is 2.60. The van der Waals surface area contributed by atoms with Gasteiger partial charge in [0.15, 0.2) is 11.6 Å². The predicted octanol–water partition coefficient (Wildman–Crippen LogP) is 4.89. The zero-order valence-electron chi connectivity index (χ0n) is 12.0. The molecule has 1 aliphatic carbocycles. The molecule has 3 aromatic rings. The van der Waals surface area contributed by atoms with Crippen molar-refractivity contribution in [1.82, 2.24) is 0 Å². The zero-order chi connectivity index (χ0) is 16.0. The summed E-state index contributed by atoms with van der Waals surface area (Å²) in [5, 5.41) is 0. The molecule has 0 atom stereocenters. The Bertz CT molecular complexity index is 973.